The average molecular weight is 526 g/mol. The Labute approximate surface area is 208 Å². The fraction of sp³-hybridized carbons (Fsp3) is 0.556. The van der Waals surface area contributed by atoms with Gasteiger partial charge in [0.2, 0.25) is 17.4 Å². The number of hydrogen-bond donors (Lipinski definition) is 0. The van der Waals surface area contributed by atoms with Gasteiger partial charge in [0.1, 0.15) is 20.8 Å². The molecule has 2 aromatic rings. The van der Waals surface area contributed by atoms with Gasteiger partial charge in [-0.25, -0.2) is 17.2 Å². The Bertz CT molecular complexity index is 1190. The van der Waals surface area contributed by atoms with Crippen LogP contribution in [0.2, 0.25) is 0 Å². The molecular weight excluding hydrogens is 496 g/mol. The second-order valence-electron chi connectivity index (χ2n) is 10.4. The minimum Gasteiger partial charge on any atom is -0.744 e. The molecule has 0 amide bonds. The summed E-state index contributed by atoms with van der Waals surface area (Å²) in [6, 6.07) is 4.08. The standard InChI is InChI=1S/C27H30F4O4S/c28-21-23(30)27(36(32,33)34)24(31)22(29)26(21)35-25-19(16-9-3-4-10-16)13-18(15-7-1-2-8-15)14-20(25)17-11-5-6-12-17/h13-17H,1-12H2,(H,32,33,34)/p-1. The van der Waals surface area contributed by atoms with Crippen LogP contribution in [0.5, 0.6) is 11.5 Å². The Kier molecular flexibility index (Phi) is 7.07. The van der Waals surface area contributed by atoms with Gasteiger partial charge in [-0.1, -0.05) is 50.7 Å². The molecule has 3 aliphatic rings. The van der Waals surface area contributed by atoms with Crippen molar-refractivity contribution in [2.45, 2.75) is 99.7 Å². The Balaban J connectivity index is 1.69. The molecule has 4 nitrogen and oxygen atoms in total. The molecule has 0 aliphatic heterocycles. The fourth-order valence-electron chi connectivity index (χ4n) is 6.39. The monoisotopic (exact) mass is 525 g/mol. The third-order valence-electron chi connectivity index (χ3n) is 8.22. The SMILES string of the molecule is O=S(=O)([O-])c1c(F)c(F)c(Oc2c(C3CCCC3)cc(C3CCCC3)cc2C2CCCC2)c(F)c1F. The predicted molar refractivity (Wildman–Crippen MR) is 124 cm³/mol. The van der Waals surface area contributed by atoms with Gasteiger partial charge in [-0.3, -0.25) is 0 Å². The lowest BCUT2D eigenvalue weighted by Crippen LogP contribution is -2.13. The predicted octanol–water partition coefficient (Wildman–Crippen LogP) is 7.91. The van der Waals surface area contributed by atoms with E-state index in [4.69, 9.17) is 4.74 Å². The highest BCUT2D eigenvalue weighted by atomic mass is 32.2. The summed E-state index contributed by atoms with van der Waals surface area (Å²) < 4.78 is 98.5. The van der Waals surface area contributed by atoms with Crippen LogP contribution >= 0.6 is 0 Å². The van der Waals surface area contributed by atoms with Crippen molar-refractivity contribution in [3.63, 3.8) is 0 Å². The molecule has 2 aromatic carbocycles. The topological polar surface area (TPSA) is 66.4 Å². The molecule has 0 bridgehead atoms. The summed E-state index contributed by atoms with van der Waals surface area (Å²) in [6.07, 6.45) is 11.9. The first-order valence-electron chi connectivity index (χ1n) is 12.8. The lowest BCUT2D eigenvalue weighted by atomic mass is 9.84. The molecule has 3 aliphatic carbocycles. The first kappa shape index (κ1) is 25.5. The number of ether oxygens (including phenoxy) is 1. The number of benzene rings is 2. The summed E-state index contributed by atoms with van der Waals surface area (Å²) in [6.45, 7) is 0. The zero-order valence-electron chi connectivity index (χ0n) is 19.9. The summed E-state index contributed by atoms with van der Waals surface area (Å²) in [5.41, 5.74) is 2.76. The van der Waals surface area contributed by atoms with Gasteiger partial charge < -0.3 is 9.29 Å². The highest BCUT2D eigenvalue weighted by Gasteiger charge is 2.34. The molecule has 0 radical (unpaired) electrons. The molecule has 196 valence electrons. The highest BCUT2D eigenvalue weighted by Crippen LogP contribution is 2.50. The van der Waals surface area contributed by atoms with Crippen molar-refractivity contribution in [1.82, 2.24) is 0 Å². The van der Waals surface area contributed by atoms with E-state index in [1.165, 1.54) is 5.56 Å². The highest BCUT2D eigenvalue weighted by molar-refractivity contribution is 7.85. The maximum Gasteiger partial charge on any atom is 0.205 e. The summed E-state index contributed by atoms with van der Waals surface area (Å²) in [5.74, 6) is -9.18. The van der Waals surface area contributed by atoms with E-state index in [1.54, 1.807) is 0 Å². The normalized spacial score (nSPS) is 20.0. The van der Waals surface area contributed by atoms with Crippen LogP contribution in [0.25, 0.3) is 0 Å². The van der Waals surface area contributed by atoms with Crippen molar-refractivity contribution in [2.75, 3.05) is 0 Å². The molecule has 3 fully saturated rings. The largest absolute Gasteiger partial charge is 0.744 e. The van der Waals surface area contributed by atoms with Crippen molar-refractivity contribution < 1.29 is 35.3 Å². The lowest BCUT2D eigenvalue weighted by molar-refractivity contribution is 0.340. The smallest absolute Gasteiger partial charge is 0.205 e. The van der Waals surface area contributed by atoms with Crippen molar-refractivity contribution in [1.29, 1.82) is 0 Å². The molecule has 0 heterocycles. The molecule has 3 saturated carbocycles. The number of hydrogen-bond acceptors (Lipinski definition) is 4. The van der Waals surface area contributed by atoms with Crippen molar-refractivity contribution in [2.24, 2.45) is 0 Å². The van der Waals surface area contributed by atoms with E-state index in [-0.39, 0.29) is 17.6 Å². The van der Waals surface area contributed by atoms with Crippen LogP contribution in [-0.4, -0.2) is 13.0 Å². The molecule has 0 saturated heterocycles. The molecule has 0 aromatic heterocycles. The van der Waals surface area contributed by atoms with E-state index in [1.807, 2.05) is 12.1 Å². The lowest BCUT2D eigenvalue weighted by Gasteiger charge is -2.26. The second kappa shape index (κ2) is 9.97. The molecule has 0 spiro atoms. The first-order chi connectivity index (χ1) is 17.2. The molecule has 36 heavy (non-hydrogen) atoms. The summed E-state index contributed by atoms with van der Waals surface area (Å²) in [5, 5.41) is 0. The Morgan fingerprint density at radius 1 is 0.639 bits per heavy atom. The van der Waals surface area contributed by atoms with Gasteiger partial charge in [-0.15, -0.1) is 0 Å². The summed E-state index contributed by atoms with van der Waals surface area (Å²) in [7, 11) is -5.79. The van der Waals surface area contributed by atoms with E-state index >= 15 is 0 Å². The molecule has 0 atom stereocenters. The zero-order valence-corrected chi connectivity index (χ0v) is 20.7. The van der Waals surface area contributed by atoms with E-state index < -0.39 is 44.0 Å². The summed E-state index contributed by atoms with van der Waals surface area (Å²) >= 11 is 0. The van der Waals surface area contributed by atoms with Crippen molar-refractivity contribution in [3.8, 4) is 11.5 Å². The minimum absolute atomic E-state index is 0.0867. The molecule has 9 heteroatoms. The van der Waals surface area contributed by atoms with Crippen LogP contribution in [-0.2, 0) is 10.1 Å². The maximum absolute atomic E-state index is 15.0. The van der Waals surface area contributed by atoms with Gasteiger partial charge in [-0.2, -0.15) is 8.78 Å². The van der Waals surface area contributed by atoms with E-state index in [0.29, 0.717) is 5.92 Å². The third kappa shape index (κ3) is 4.64. The molecule has 0 unspecified atom stereocenters. The van der Waals surface area contributed by atoms with Crippen molar-refractivity contribution in [3.05, 3.63) is 52.1 Å². The quantitative estimate of drug-likeness (QED) is 0.218. The van der Waals surface area contributed by atoms with Gasteiger partial charge >= 0.3 is 0 Å². The fourth-order valence-corrected chi connectivity index (χ4v) is 7.01. The zero-order chi connectivity index (χ0) is 25.6. The molecular formula is C27H29F4O4S-. The minimum atomic E-state index is -5.79. The van der Waals surface area contributed by atoms with E-state index in [2.05, 4.69) is 0 Å². The maximum atomic E-state index is 15.0. The summed E-state index contributed by atoms with van der Waals surface area (Å²) in [4.78, 5) is -2.17. The second-order valence-corrected chi connectivity index (χ2v) is 11.8. The first-order valence-corrected chi connectivity index (χ1v) is 14.2. The van der Waals surface area contributed by atoms with Crippen LogP contribution in [0.1, 0.15) is 111 Å². The van der Waals surface area contributed by atoms with E-state index in [9.17, 15) is 30.5 Å². The van der Waals surface area contributed by atoms with Crippen LogP contribution in [0.3, 0.4) is 0 Å². The molecule has 5 rings (SSSR count). The molecule has 0 N–H and O–H groups in total. The van der Waals surface area contributed by atoms with Crippen LogP contribution in [0.4, 0.5) is 17.6 Å². The number of halogens is 4. The van der Waals surface area contributed by atoms with Gasteiger partial charge in [0.15, 0.2) is 11.6 Å². The van der Waals surface area contributed by atoms with Crippen LogP contribution < -0.4 is 4.74 Å². The third-order valence-corrected chi connectivity index (χ3v) is 9.08. The Morgan fingerprint density at radius 2 is 1.03 bits per heavy atom. The van der Waals surface area contributed by atoms with Crippen molar-refractivity contribution >= 4 is 10.1 Å². The van der Waals surface area contributed by atoms with E-state index in [0.717, 1.165) is 88.2 Å². The van der Waals surface area contributed by atoms with Gasteiger partial charge in [0.05, 0.1) is 0 Å². The average Bonchev–Trinajstić information content (AvgIpc) is 3.63. The van der Waals surface area contributed by atoms with Gasteiger partial charge in [0.25, 0.3) is 0 Å². The number of rotatable bonds is 6. The Hall–Kier alpha value is -2.13. The van der Waals surface area contributed by atoms with Gasteiger partial charge in [0, 0.05) is 0 Å². The van der Waals surface area contributed by atoms with Crippen LogP contribution in [0, 0.1) is 23.3 Å². The van der Waals surface area contributed by atoms with Crippen LogP contribution in [0.15, 0.2) is 17.0 Å². The Morgan fingerprint density at radius 3 is 1.42 bits per heavy atom. The van der Waals surface area contributed by atoms with Gasteiger partial charge in [-0.05, 0) is 73.0 Å².